The minimum Gasteiger partial charge on any atom is -0.467 e. The van der Waals surface area contributed by atoms with E-state index in [0.717, 1.165) is 5.76 Å². The Morgan fingerprint density at radius 1 is 1.60 bits per heavy atom. The fourth-order valence-corrected chi connectivity index (χ4v) is 0.919. The van der Waals surface area contributed by atoms with Crippen molar-refractivity contribution in [2.24, 2.45) is 16.5 Å². The van der Waals surface area contributed by atoms with Gasteiger partial charge in [0.15, 0.2) is 5.96 Å². The number of aliphatic imine (C=N–C) groups is 1. The minimum atomic E-state index is -0.124. The van der Waals surface area contributed by atoms with Gasteiger partial charge < -0.3 is 20.8 Å². The smallest absolute Gasteiger partial charge is 0.221 e. The molecule has 84 valence electrons. The number of nitrogens with two attached hydrogens (primary N) is 2. The number of nitrogens with one attached hydrogen (secondary N) is 1. The predicted molar refractivity (Wildman–Crippen MR) is 61.0 cm³/mol. The van der Waals surface area contributed by atoms with Crippen LogP contribution in [0.4, 0.5) is 0 Å². The molecular weight excluding hydrogens is 218 g/mol. The van der Waals surface area contributed by atoms with Crippen LogP contribution >= 0.6 is 12.4 Å². The van der Waals surface area contributed by atoms with E-state index < -0.39 is 0 Å². The van der Waals surface area contributed by atoms with Crippen molar-refractivity contribution in [1.29, 1.82) is 5.41 Å². The zero-order valence-corrected chi connectivity index (χ0v) is 9.12. The molecule has 0 unspecified atom stereocenters. The number of furan rings is 1. The van der Waals surface area contributed by atoms with Gasteiger partial charge >= 0.3 is 0 Å². The third kappa shape index (κ3) is 4.37. The Morgan fingerprint density at radius 3 is 2.73 bits per heavy atom. The molecule has 7 heteroatoms. The lowest BCUT2D eigenvalue weighted by Crippen LogP contribution is -2.30. The van der Waals surface area contributed by atoms with Gasteiger partial charge in [0.05, 0.1) is 12.8 Å². The average molecular weight is 232 g/mol. The molecule has 15 heavy (non-hydrogen) atoms. The SMILES string of the molecule is CN(Cc1ccco1)C(=N)N=C(N)N.Cl. The van der Waals surface area contributed by atoms with Crippen molar-refractivity contribution in [2.45, 2.75) is 6.54 Å². The maximum absolute atomic E-state index is 7.46. The summed E-state index contributed by atoms with van der Waals surface area (Å²) in [4.78, 5) is 5.17. The average Bonchev–Trinajstić information content (AvgIpc) is 2.55. The maximum Gasteiger partial charge on any atom is 0.221 e. The first kappa shape index (κ1) is 13.3. The normalized spacial score (nSPS) is 8.87. The van der Waals surface area contributed by atoms with E-state index in [1.807, 2.05) is 6.07 Å². The Morgan fingerprint density at radius 2 is 2.27 bits per heavy atom. The molecule has 0 atom stereocenters. The summed E-state index contributed by atoms with van der Waals surface area (Å²) in [5.41, 5.74) is 10.3. The van der Waals surface area contributed by atoms with Gasteiger partial charge in [-0.1, -0.05) is 0 Å². The zero-order valence-electron chi connectivity index (χ0n) is 8.30. The van der Waals surface area contributed by atoms with E-state index >= 15 is 0 Å². The third-order valence-corrected chi connectivity index (χ3v) is 1.57. The molecule has 1 heterocycles. The summed E-state index contributed by atoms with van der Waals surface area (Å²) in [7, 11) is 1.71. The van der Waals surface area contributed by atoms with E-state index in [2.05, 4.69) is 4.99 Å². The van der Waals surface area contributed by atoms with E-state index in [9.17, 15) is 0 Å². The van der Waals surface area contributed by atoms with Crippen LogP contribution in [-0.2, 0) is 6.54 Å². The van der Waals surface area contributed by atoms with Gasteiger partial charge in [-0.05, 0) is 12.1 Å². The second-order valence-electron chi connectivity index (χ2n) is 2.80. The number of hydrogen-bond acceptors (Lipinski definition) is 2. The zero-order chi connectivity index (χ0) is 10.6. The van der Waals surface area contributed by atoms with Gasteiger partial charge in [-0.25, -0.2) is 0 Å². The number of rotatable bonds is 2. The summed E-state index contributed by atoms with van der Waals surface area (Å²) < 4.78 is 5.11. The standard InChI is InChI=1S/C8H13N5O.ClH/c1-13(8(11)12-7(9)10)5-6-3-2-4-14-6;/h2-4H,5H2,1H3,(H5,9,10,11,12);1H. The maximum atomic E-state index is 7.46. The van der Waals surface area contributed by atoms with Crippen LogP contribution in [0.15, 0.2) is 27.8 Å². The Kier molecular flexibility index (Phi) is 5.25. The largest absolute Gasteiger partial charge is 0.467 e. The summed E-state index contributed by atoms with van der Waals surface area (Å²) in [5, 5.41) is 7.46. The molecule has 0 aliphatic heterocycles. The highest BCUT2D eigenvalue weighted by Crippen LogP contribution is 2.03. The van der Waals surface area contributed by atoms with Crippen LogP contribution in [0.5, 0.6) is 0 Å². The van der Waals surface area contributed by atoms with Gasteiger partial charge in [-0.2, -0.15) is 4.99 Å². The van der Waals surface area contributed by atoms with E-state index in [4.69, 9.17) is 21.3 Å². The predicted octanol–water partition coefficient (Wildman–Crippen LogP) is 0.341. The Hall–Kier alpha value is -1.69. The summed E-state index contributed by atoms with van der Waals surface area (Å²) in [5.74, 6) is 0.630. The van der Waals surface area contributed by atoms with E-state index in [0.29, 0.717) is 6.54 Å². The summed E-state index contributed by atoms with van der Waals surface area (Å²) in [6.45, 7) is 0.461. The van der Waals surface area contributed by atoms with E-state index in [-0.39, 0.29) is 24.3 Å². The van der Waals surface area contributed by atoms with Gasteiger partial charge in [0.1, 0.15) is 5.76 Å². The Bertz CT molecular complexity index is 331. The number of nitrogens with zero attached hydrogens (tertiary/aromatic N) is 2. The highest BCUT2D eigenvalue weighted by Gasteiger charge is 2.05. The fraction of sp³-hybridized carbons (Fsp3) is 0.250. The van der Waals surface area contributed by atoms with Crippen LogP contribution in [0, 0.1) is 5.41 Å². The molecule has 0 aliphatic rings. The van der Waals surface area contributed by atoms with Crippen molar-refractivity contribution in [3.8, 4) is 0 Å². The highest BCUT2D eigenvalue weighted by molar-refractivity contribution is 5.91. The first-order valence-electron chi connectivity index (χ1n) is 4.01. The summed E-state index contributed by atoms with van der Waals surface area (Å²) >= 11 is 0. The first-order chi connectivity index (χ1) is 6.59. The second kappa shape index (κ2) is 5.92. The lowest BCUT2D eigenvalue weighted by atomic mass is 10.4. The molecule has 0 saturated heterocycles. The lowest BCUT2D eigenvalue weighted by Gasteiger charge is -2.14. The van der Waals surface area contributed by atoms with Gasteiger partial charge in [0.25, 0.3) is 0 Å². The van der Waals surface area contributed by atoms with Crippen molar-refractivity contribution in [3.63, 3.8) is 0 Å². The molecule has 1 aromatic rings. The summed E-state index contributed by atoms with van der Waals surface area (Å²) in [6.07, 6.45) is 1.58. The Labute approximate surface area is 93.9 Å². The first-order valence-corrected chi connectivity index (χ1v) is 4.01. The fourth-order valence-electron chi connectivity index (χ4n) is 0.919. The van der Waals surface area contributed by atoms with Crippen LogP contribution in [0.1, 0.15) is 5.76 Å². The number of halogens is 1. The number of guanidine groups is 2. The third-order valence-electron chi connectivity index (χ3n) is 1.57. The molecule has 0 aromatic carbocycles. The molecule has 0 spiro atoms. The van der Waals surface area contributed by atoms with Crippen molar-refractivity contribution in [2.75, 3.05) is 7.05 Å². The van der Waals surface area contributed by atoms with Crippen molar-refractivity contribution < 1.29 is 4.42 Å². The van der Waals surface area contributed by atoms with Gasteiger partial charge in [0.2, 0.25) is 5.96 Å². The molecule has 0 amide bonds. The van der Waals surface area contributed by atoms with Crippen molar-refractivity contribution in [1.82, 2.24) is 4.90 Å². The molecule has 0 saturated carbocycles. The molecule has 0 radical (unpaired) electrons. The molecule has 5 N–H and O–H groups in total. The molecule has 6 nitrogen and oxygen atoms in total. The van der Waals surface area contributed by atoms with E-state index in [1.165, 1.54) is 0 Å². The van der Waals surface area contributed by atoms with Crippen LogP contribution in [0.2, 0.25) is 0 Å². The van der Waals surface area contributed by atoms with Gasteiger partial charge in [-0.3, -0.25) is 5.41 Å². The highest BCUT2D eigenvalue weighted by atomic mass is 35.5. The molecule has 1 rings (SSSR count). The minimum absolute atomic E-state index is 0. The monoisotopic (exact) mass is 231 g/mol. The summed E-state index contributed by atoms with van der Waals surface area (Å²) in [6, 6.07) is 3.60. The second-order valence-corrected chi connectivity index (χ2v) is 2.80. The van der Waals surface area contributed by atoms with Crippen molar-refractivity contribution in [3.05, 3.63) is 24.2 Å². The van der Waals surface area contributed by atoms with Crippen molar-refractivity contribution >= 4 is 24.3 Å². The van der Waals surface area contributed by atoms with Crippen LogP contribution < -0.4 is 11.5 Å². The molecule has 0 aliphatic carbocycles. The van der Waals surface area contributed by atoms with E-state index in [1.54, 1.807) is 24.3 Å². The van der Waals surface area contributed by atoms with Crippen LogP contribution in [0.25, 0.3) is 0 Å². The van der Waals surface area contributed by atoms with Gasteiger partial charge in [0, 0.05) is 7.05 Å². The quantitative estimate of drug-likeness (QED) is 0.504. The molecule has 0 fully saturated rings. The van der Waals surface area contributed by atoms with Crippen LogP contribution in [-0.4, -0.2) is 23.9 Å². The Balaban J connectivity index is 0.00000196. The molecule has 1 aromatic heterocycles. The molecule has 0 bridgehead atoms. The number of hydrogen-bond donors (Lipinski definition) is 3. The lowest BCUT2D eigenvalue weighted by molar-refractivity contribution is 0.406. The van der Waals surface area contributed by atoms with Gasteiger partial charge in [-0.15, -0.1) is 12.4 Å². The topological polar surface area (TPSA) is 105 Å². The van der Waals surface area contributed by atoms with Crippen LogP contribution in [0.3, 0.4) is 0 Å². The molecular formula is C8H14ClN5O.